The molecule has 15 heavy (non-hydrogen) atoms. The zero-order valence-corrected chi connectivity index (χ0v) is 8.49. The fourth-order valence-corrected chi connectivity index (χ4v) is 1.43. The van der Waals surface area contributed by atoms with Gasteiger partial charge in [-0.1, -0.05) is 11.6 Å². The summed E-state index contributed by atoms with van der Waals surface area (Å²) in [5.41, 5.74) is -5.80. The summed E-state index contributed by atoms with van der Waals surface area (Å²) < 4.78 is 58.4. The normalized spacial score (nSPS) is 12.5. The van der Waals surface area contributed by atoms with Gasteiger partial charge in [-0.2, -0.15) is 21.6 Å². The summed E-state index contributed by atoms with van der Waals surface area (Å²) in [5, 5.41) is -0.169. The van der Waals surface area contributed by atoms with Gasteiger partial charge in [0.25, 0.3) is 0 Å². The van der Waals surface area contributed by atoms with E-state index in [4.69, 9.17) is 11.6 Å². The van der Waals surface area contributed by atoms with Crippen LogP contribution in [-0.2, 0) is 10.0 Å². The van der Waals surface area contributed by atoms with Crippen LogP contribution in [0.2, 0.25) is 5.02 Å². The number of sulfonamides is 1. The van der Waals surface area contributed by atoms with Crippen molar-refractivity contribution >= 4 is 27.3 Å². The highest BCUT2D eigenvalue weighted by molar-refractivity contribution is 7.93. The van der Waals surface area contributed by atoms with E-state index in [1.807, 2.05) is 0 Å². The molecule has 0 atom stereocenters. The molecule has 0 aliphatic heterocycles. The molecule has 0 radical (unpaired) electrons. The van der Waals surface area contributed by atoms with Gasteiger partial charge in [0.2, 0.25) is 0 Å². The van der Waals surface area contributed by atoms with E-state index in [9.17, 15) is 21.6 Å². The second kappa shape index (κ2) is 3.86. The number of nitrogens with one attached hydrogen (secondary N) is 1. The van der Waals surface area contributed by atoms with Crippen LogP contribution in [0.5, 0.6) is 0 Å². The molecule has 0 saturated heterocycles. The van der Waals surface area contributed by atoms with Gasteiger partial charge < -0.3 is 0 Å². The van der Waals surface area contributed by atoms with Crippen LogP contribution in [0.15, 0.2) is 18.5 Å². The van der Waals surface area contributed by atoms with Crippen LogP contribution in [0.1, 0.15) is 0 Å². The molecule has 0 aromatic carbocycles. The predicted molar refractivity (Wildman–Crippen MR) is 47.8 cm³/mol. The summed E-state index contributed by atoms with van der Waals surface area (Å²) >= 11 is 5.45. The number of halogens is 4. The third-order valence-corrected chi connectivity index (χ3v) is 2.74. The molecule has 1 aromatic rings. The summed E-state index contributed by atoms with van der Waals surface area (Å²) in [6.45, 7) is 0. The Labute approximate surface area is 88.1 Å². The van der Waals surface area contributed by atoms with Gasteiger partial charge in [-0.15, -0.1) is 0 Å². The smallest absolute Gasteiger partial charge is 0.273 e. The summed E-state index contributed by atoms with van der Waals surface area (Å²) in [4.78, 5) is 3.43. The molecule has 1 heterocycles. The molecule has 0 aliphatic carbocycles. The van der Waals surface area contributed by atoms with Crippen LogP contribution in [0.25, 0.3) is 0 Å². The van der Waals surface area contributed by atoms with E-state index >= 15 is 0 Å². The monoisotopic (exact) mass is 260 g/mol. The second-order valence-electron chi connectivity index (χ2n) is 2.41. The second-order valence-corrected chi connectivity index (χ2v) is 4.49. The molecule has 1 N–H and O–H groups in total. The van der Waals surface area contributed by atoms with Gasteiger partial charge in [-0.25, -0.2) is 0 Å². The lowest BCUT2D eigenvalue weighted by Crippen LogP contribution is -2.30. The van der Waals surface area contributed by atoms with E-state index in [1.165, 1.54) is 10.9 Å². The molecule has 84 valence electrons. The quantitative estimate of drug-likeness (QED) is 0.885. The minimum Gasteiger partial charge on any atom is -0.273 e. The first-order valence-corrected chi connectivity index (χ1v) is 5.29. The average molecular weight is 261 g/mol. The molecule has 0 fully saturated rings. The maximum absolute atomic E-state index is 11.9. The van der Waals surface area contributed by atoms with E-state index in [1.54, 1.807) is 0 Å². The molecule has 0 bridgehead atoms. The Morgan fingerprint density at radius 1 is 1.40 bits per heavy atom. The Balaban J connectivity index is 3.03. The number of alkyl halides is 3. The van der Waals surface area contributed by atoms with Crippen molar-refractivity contribution < 1.29 is 21.6 Å². The number of rotatable bonds is 2. The lowest BCUT2D eigenvalue weighted by molar-refractivity contribution is -0.0429. The maximum atomic E-state index is 11.9. The fourth-order valence-electron chi connectivity index (χ4n) is 0.655. The minimum atomic E-state index is -5.45. The Kier molecular flexibility index (Phi) is 3.10. The van der Waals surface area contributed by atoms with Gasteiger partial charge in [-0.3, -0.25) is 9.71 Å². The van der Waals surface area contributed by atoms with Crippen molar-refractivity contribution in [1.29, 1.82) is 0 Å². The van der Waals surface area contributed by atoms with Crippen molar-refractivity contribution in [2.24, 2.45) is 0 Å². The molecule has 0 unspecified atom stereocenters. The molecule has 0 saturated carbocycles. The van der Waals surface area contributed by atoms with Crippen LogP contribution in [0.4, 0.5) is 18.9 Å². The van der Waals surface area contributed by atoms with Crippen LogP contribution >= 0.6 is 11.6 Å². The average Bonchev–Trinajstić information content (AvgIpc) is 2.06. The van der Waals surface area contributed by atoms with Crippen molar-refractivity contribution in [2.45, 2.75) is 5.51 Å². The highest BCUT2D eigenvalue weighted by Gasteiger charge is 2.46. The van der Waals surface area contributed by atoms with Gasteiger partial charge in [-0.05, 0) is 6.07 Å². The Morgan fingerprint density at radius 3 is 2.47 bits per heavy atom. The molecule has 1 aromatic heterocycles. The number of pyridine rings is 1. The highest BCUT2D eigenvalue weighted by atomic mass is 35.5. The highest BCUT2D eigenvalue weighted by Crippen LogP contribution is 2.28. The van der Waals surface area contributed by atoms with Gasteiger partial charge in [0, 0.05) is 6.20 Å². The van der Waals surface area contributed by atoms with Gasteiger partial charge in [0.05, 0.1) is 16.9 Å². The van der Waals surface area contributed by atoms with E-state index in [0.29, 0.717) is 0 Å². The first-order chi connectivity index (χ1) is 6.74. The lowest BCUT2D eigenvalue weighted by Gasteiger charge is -2.10. The number of hydrogen-bond donors (Lipinski definition) is 1. The van der Waals surface area contributed by atoms with E-state index in [-0.39, 0.29) is 5.02 Å². The number of aromatic nitrogens is 1. The zero-order valence-electron chi connectivity index (χ0n) is 6.92. The molecule has 4 nitrogen and oxygen atoms in total. The Morgan fingerprint density at radius 2 is 2.00 bits per heavy atom. The first kappa shape index (κ1) is 12.1. The van der Waals surface area contributed by atoms with Crippen molar-refractivity contribution in [3.8, 4) is 0 Å². The summed E-state index contributed by atoms with van der Waals surface area (Å²) in [6.07, 6.45) is 2.10. The van der Waals surface area contributed by atoms with Crippen LogP contribution < -0.4 is 4.72 Å². The molecule has 0 spiro atoms. The van der Waals surface area contributed by atoms with Crippen LogP contribution in [-0.4, -0.2) is 18.9 Å². The number of nitrogens with zero attached hydrogens (tertiary/aromatic N) is 1. The van der Waals surface area contributed by atoms with Crippen LogP contribution in [0, 0.1) is 0 Å². The van der Waals surface area contributed by atoms with Crippen LogP contribution in [0.3, 0.4) is 0 Å². The number of anilines is 1. The lowest BCUT2D eigenvalue weighted by atomic mass is 10.4. The molecule has 0 aliphatic rings. The predicted octanol–water partition coefficient (Wildman–Crippen LogP) is 2.00. The third kappa shape index (κ3) is 2.72. The van der Waals surface area contributed by atoms with Gasteiger partial charge in [0.1, 0.15) is 0 Å². The van der Waals surface area contributed by atoms with E-state index in [2.05, 4.69) is 4.98 Å². The molecular weight excluding hydrogens is 257 g/mol. The third-order valence-electron chi connectivity index (χ3n) is 1.32. The minimum absolute atomic E-state index is 0.169. The van der Waals surface area contributed by atoms with Crippen molar-refractivity contribution in [1.82, 2.24) is 4.98 Å². The molecule has 0 amide bonds. The zero-order chi connectivity index (χ0) is 11.7. The summed E-state index contributed by atoms with van der Waals surface area (Å²) in [5.74, 6) is 0. The van der Waals surface area contributed by atoms with E-state index in [0.717, 1.165) is 12.3 Å². The largest absolute Gasteiger partial charge is 0.516 e. The topological polar surface area (TPSA) is 59.1 Å². The fraction of sp³-hybridized carbons (Fsp3) is 0.167. The van der Waals surface area contributed by atoms with Crippen molar-refractivity contribution in [3.05, 3.63) is 23.5 Å². The SMILES string of the molecule is O=S(=O)(Nc1cnccc1Cl)C(F)(F)F. The Bertz CT molecular complexity index is 460. The number of hydrogen-bond acceptors (Lipinski definition) is 3. The van der Waals surface area contributed by atoms with Gasteiger partial charge in [0.15, 0.2) is 0 Å². The van der Waals surface area contributed by atoms with Crippen molar-refractivity contribution in [3.63, 3.8) is 0 Å². The van der Waals surface area contributed by atoms with Crippen molar-refractivity contribution in [2.75, 3.05) is 4.72 Å². The van der Waals surface area contributed by atoms with Gasteiger partial charge >= 0.3 is 15.5 Å². The van der Waals surface area contributed by atoms with E-state index < -0.39 is 21.2 Å². The first-order valence-electron chi connectivity index (χ1n) is 3.42. The summed E-state index contributed by atoms with van der Waals surface area (Å²) in [6, 6.07) is 1.16. The molecule has 1 rings (SSSR count). The summed E-state index contributed by atoms with van der Waals surface area (Å²) in [7, 11) is -5.45. The standard InChI is InChI=1S/C6H4ClF3N2O2S/c7-4-1-2-11-3-5(4)12-15(13,14)6(8,9)10/h1-3,12H. The molecule has 9 heteroatoms. The maximum Gasteiger partial charge on any atom is 0.516 e. The molecular formula is C6H4ClF3N2O2S. The Hall–Kier alpha value is -1.02.